The number of nitrogens with zero attached hydrogens (tertiary/aromatic N) is 1. The number of amides is 1. The molecular weight excluding hydrogens is 346 g/mol. The van der Waals surface area contributed by atoms with E-state index in [0.29, 0.717) is 18.0 Å². The maximum absolute atomic E-state index is 12.7. The van der Waals surface area contributed by atoms with Crippen LogP contribution in [0.3, 0.4) is 0 Å². The molecule has 1 heterocycles. The van der Waals surface area contributed by atoms with E-state index in [4.69, 9.17) is 9.47 Å². The van der Waals surface area contributed by atoms with Crippen LogP contribution >= 0.6 is 11.8 Å². The molecule has 2 aromatic carbocycles. The summed E-state index contributed by atoms with van der Waals surface area (Å²) in [5, 5.41) is 0. The predicted octanol–water partition coefficient (Wildman–Crippen LogP) is 4.00. The summed E-state index contributed by atoms with van der Waals surface area (Å²) in [5.74, 6) is 2.10. The first-order valence-electron chi connectivity index (χ1n) is 8.73. The Morgan fingerprint density at radius 1 is 1.08 bits per heavy atom. The van der Waals surface area contributed by atoms with Gasteiger partial charge in [-0.1, -0.05) is 17.7 Å². The summed E-state index contributed by atoms with van der Waals surface area (Å²) in [5.41, 5.74) is 4.84. The van der Waals surface area contributed by atoms with Crippen LogP contribution in [0.1, 0.15) is 22.3 Å². The van der Waals surface area contributed by atoms with E-state index < -0.39 is 0 Å². The summed E-state index contributed by atoms with van der Waals surface area (Å²) < 4.78 is 10.8. The van der Waals surface area contributed by atoms with Crippen LogP contribution in [0.4, 0.5) is 0 Å². The lowest BCUT2D eigenvalue weighted by molar-refractivity contribution is -0.129. The van der Waals surface area contributed by atoms with Crippen molar-refractivity contribution in [3.8, 4) is 11.5 Å². The SMILES string of the molecule is COc1cc2c(cc1OC)CN(C(=O)CSc1ccc(C)cc1C)CC2. The third kappa shape index (κ3) is 3.98. The lowest BCUT2D eigenvalue weighted by Gasteiger charge is -2.29. The Bertz CT molecular complexity index is 819. The van der Waals surface area contributed by atoms with Crippen LogP contribution in [0.15, 0.2) is 35.2 Å². The Morgan fingerprint density at radius 2 is 1.77 bits per heavy atom. The minimum atomic E-state index is 0.176. The maximum Gasteiger partial charge on any atom is 0.233 e. The van der Waals surface area contributed by atoms with E-state index >= 15 is 0 Å². The van der Waals surface area contributed by atoms with Crippen molar-refractivity contribution >= 4 is 17.7 Å². The molecule has 2 aromatic rings. The van der Waals surface area contributed by atoms with Gasteiger partial charge in [-0.25, -0.2) is 0 Å². The van der Waals surface area contributed by atoms with Crippen molar-refractivity contribution in [2.45, 2.75) is 31.7 Å². The Labute approximate surface area is 159 Å². The van der Waals surface area contributed by atoms with Crippen LogP contribution in [0.2, 0.25) is 0 Å². The fraction of sp³-hybridized carbons (Fsp3) is 0.381. The second-order valence-corrected chi connectivity index (χ2v) is 7.62. The van der Waals surface area contributed by atoms with E-state index in [0.717, 1.165) is 24.3 Å². The predicted molar refractivity (Wildman–Crippen MR) is 105 cm³/mol. The van der Waals surface area contributed by atoms with Crippen LogP contribution in [0.25, 0.3) is 0 Å². The van der Waals surface area contributed by atoms with Crippen LogP contribution in [0, 0.1) is 13.8 Å². The average molecular weight is 372 g/mol. The van der Waals surface area contributed by atoms with Crippen molar-refractivity contribution in [3.05, 3.63) is 52.6 Å². The van der Waals surface area contributed by atoms with E-state index in [1.807, 2.05) is 17.0 Å². The number of methoxy groups -OCH3 is 2. The fourth-order valence-electron chi connectivity index (χ4n) is 3.29. The lowest BCUT2D eigenvalue weighted by Crippen LogP contribution is -2.37. The standard InChI is InChI=1S/C21H25NO3S/c1-14-5-6-20(15(2)9-14)26-13-21(23)22-8-7-16-10-18(24-3)19(25-4)11-17(16)12-22/h5-6,9-11H,7-8,12-13H2,1-4H3. The first kappa shape index (κ1) is 18.6. The minimum absolute atomic E-state index is 0.176. The van der Waals surface area contributed by atoms with Gasteiger partial charge in [0.2, 0.25) is 5.91 Å². The first-order valence-corrected chi connectivity index (χ1v) is 9.72. The van der Waals surface area contributed by atoms with Gasteiger partial charge in [0.05, 0.1) is 20.0 Å². The Hall–Kier alpha value is -2.14. The van der Waals surface area contributed by atoms with Gasteiger partial charge in [0.15, 0.2) is 11.5 Å². The molecule has 0 unspecified atom stereocenters. The molecule has 4 nitrogen and oxygen atoms in total. The van der Waals surface area contributed by atoms with E-state index in [-0.39, 0.29) is 5.91 Å². The molecule has 1 aliphatic rings. The number of rotatable bonds is 5. The number of carbonyl (C=O) groups is 1. The summed E-state index contributed by atoms with van der Waals surface area (Å²) in [6.45, 7) is 5.55. The number of benzene rings is 2. The number of ether oxygens (including phenoxy) is 2. The van der Waals surface area contributed by atoms with Gasteiger partial charge in [0, 0.05) is 18.0 Å². The molecular formula is C21H25NO3S. The molecule has 5 heteroatoms. The smallest absolute Gasteiger partial charge is 0.233 e. The van der Waals surface area contributed by atoms with Gasteiger partial charge >= 0.3 is 0 Å². The quantitative estimate of drug-likeness (QED) is 0.745. The number of fused-ring (bicyclic) bond motifs is 1. The van der Waals surface area contributed by atoms with Gasteiger partial charge in [-0.05, 0) is 55.2 Å². The third-order valence-electron chi connectivity index (χ3n) is 4.75. The van der Waals surface area contributed by atoms with Gasteiger partial charge < -0.3 is 14.4 Å². The highest BCUT2D eigenvalue weighted by atomic mass is 32.2. The molecule has 0 bridgehead atoms. The zero-order valence-electron chi connectivity index (χ0n) is 15.8. The van der Waals surface area contributed by atoms with Gasteiger partial charge in [-0.15, -0.1) is 11.8 Å². The molecule has 0 fully saturated rings. The number of hydrogen-bond donors (Lipinski definition) is 0. The zero-order valence-corrected chi connectivity index (χ0v) is 16.6. The molecule has 0 aromatic heterocycles. The largest absolute Gasteiger partial charge is 0.493 e. The van der Waals surface area contributed by atoms with E-state index in [1.165, 1.54) is 21.6 Å². The van der Waals surface area contributed by atoms with Crippen molar-refractivity contribution in [2.24, 2.45) is 0 Å². The lowest BCUT2D eigenvalue weighted by atomic mass is 9.99. The summed E-state index contributed by atoms with van der Waals surface area (Å²) in [7, 11) is 3.28. The molecule has 0 spiro atoms. The summed E-state index contributed by atoms with van der Waals surface area (Å²) >= 11 is 1.62. The number of carbonyl (C=O) groups excluding carboxylic acids is 1. The normalized spacial score (nSPS) is 13.3. The summed E-state index contributed by atoms with van der Waals surface area (Å²) in [6, 6.07) is 10.4. The summed E-state index contributed by atoms with van der Waals surface area (Å²) in [6.07, 6.45) is 0.843. The Morgan fingerprint density at radius 3 is 2.42 bits per heavy atom. The third-order valence-corrected chi connectivity index (χ3v) is 5.91. The molecule has 1 amide bonds. The molecule has 138 valence electrons. The molecule has 26 heavy (non-hydrogen) atoms. The van der Waals surface area contributed by atoms with Crippen LogP contribution in [-0.2, 0) is 17.8 Å². The van der Waals surface area contributed by atoms with Crippen molar-refractivity contribution in [1.29, 1.82) is 0 Å². The second-order valence-electron chi connectivity index (χ2n) is 6.60. The first-order chi connectivity index (χ1) is 12.5. The molecule has 0 aliphatic carbocycles. The van der Waals surface area contributed by atoms with Crippen molar-refractivity contribution in [1.82, 2.24) is 4.90 Å². The van der Waals surface area contributed by atoms with E-state index in [1.54, 1.807) is 26.0 Å². The molecule has 0 atom stereocenters. The summed E-state index contributed by atoms with van der Waals surface area (Å²) in [4.78, 5) is 15.8. The monoisotopic (exact) mass is 371 g/mol. The van der Waals surface area contributed by atoms with E-state index in [2.05, 4.69) is 32.0 Å². The van der Waals surface area contributed by atoms with Crippen molar-refractivity contribution in [3.63, 3.8) is 0 Å². The Kier molecular flexibility index (Phi) is 5.77. The second kappa shape index (κ2) is 8.04. The molecule has 1 aliphatic heterocycles. The minimum Gasteiger partial charge on any atom is -0.493 e. The van der Waals surface area contributed by atoms with Gasteiger partial charge in [-0.3, -0.25) is 4.79 Å². The van der Waals surface area contributed by atoms with Gasteiger partial charge in [0.25, 0.3) is 0 Å². The molecule has 0 saturated carbocycles. The molecule has 0 radical (unpaired) electrons. The number of aryl methyl sites for hydroxylation is 2. The molecule has 0 saturated heterocycles. The molecule has 0 N–H and O–H groups in total. The maximum atomic E-state index is 12.7. The van der Waals surface area contributed by atoms with Crippen molar-refractivity contribution in [2.75, 3.05) is 26.5 Å². The van der Waals surface area contributed by atoms with Crippen molar-refractivity contribution < 1.29 is 14.3 Å². The fourth-order valence-corrected chi connectivity index (χ4v) is 4.20. The number of hydrogen-bond acceptors (Lipinski definition) is 4. The number of thioether (sulfide) groups is 1. The van der Waals surface area contributed by atoms with Crippen LogP contribution < -0.4 is 9.47 Å². The van der Waals surface area contributed by atoms with Crippen LogP contribution in [0.5, 0.6) is 11.5 Å². The average Bonchev–Trinajstić information content (AvgIpc) is 2.65. The zero-order chi connectivity index (χ0) is 18.7. The highest BCUT2D eigenvalue weighted by Crippen LogP contribution is 2.33. The van der Waals surface area contributed by atoms with Gasteiger partial charge in [-0.2, -0.15) is 0 Å². The van der Waals surface area contributed by atoms with Gasteiger partial charge in [0.1, 0.15) is 0 Å². The Balaban J connectivity index is 1.67. The molecule has 3 rings (SSSR count). The van der Waals surface area contributed by atoms with E-state index in [9.17, 15) is 4.79 Å². The topological polar surface area (TPSA) is 38.8 Å². The van der Waals surface area contributed by atoms with Crippen LogP contribution in [-0.4, -0.2) is 37.3 Å². The highest BCUT2D eigenvalue weighted by molar-refractivity contribution is 8.00. The highest BCUT2D eigenvalue weighted by Gasteiger charge is 2.23.